The lowest BCUT2D eigenvalue weighted by molar-refractivity contribution is 0.599. The largest absolute Gasteiger partial charge is 0.223 e. The molecule has 0 spiro atoms. The third-order valence-corrected chi connectivity index (χ3v) is 4.09. The molecule has 0 atom stereocenters. The van der Waals surface area contributed by atoms with E-state index in [0.29, 0.717) is 4.90 Å². The van der Waals surface area contributed by atoms with Crippen molar-refractivity contribution in [1.82, 2.24) is 0 Å². The zero-order chi connectivity index (χ0) is 10.8. The molecule has 0 N–H and O–H groups in total. The molecule has 0 saturated heterocycles. The quantitative estimate of drug-likeness (QED) is 0.617. The number of aryl methyl sites for hydroxylation is 1. The van der Waals surface area contributed by atoms with E-state index in [4.69, 9.17) is 6.42 Å². The summed E-state index contributed by atoms with van der Waals surface area (Å²) in [6, 6.07) is 5.19. The van der Waals surface area contributed by atoms with Gasteiger partial charge >= 0.3 is 0 Å². The minimum atomic E-state index is -3.30. The molecule has 0 amide bonds. The molecule has 0 aliphatic rings. The first-order chi connectivity index (χ1) is 6.47. The molecule has 0 heterocycles. The van der Waals surface area contributed by atoms with E-state index in [2.05, 4.69) is 28.5 Å². The SMILES string of the molecule is C#CCS(=O)(=O)c1ccc(I)cc1C. The van der Waals surface area contributed by atoms with Crippen molar-refractivity contribution in [2.24, 2.45) is 0 Å². The number of sulfone groups is 1. The monoisotopic (exact) mass is 320 g/mol. The van der Waals surface area contributed by atoms with Crippen molar-refractivity contribution in [2.75, 3.05) is 5.75 Å². The molecule has 0 aliphatic heterocycles. The first-order valence-corrected chi connectivity index (χ1v) is 6.63. The fraction of sp³-hybridized carbons (Fsp3) is 0.200. The van der Waals surface area contributed by atoms with Crippen LogP contribution in [0.3, 0.4) is 0 Å². The Morgan fingerprint density at radius 2 is 2.14 bits per heavy atom. The second kappa shape index (κ2) is 4.32. The Kier molecular flexibility index (Phi) is 3.56. The van der Waals surface area contributed by atoms with Crippen LogP contribution in [0, 0.1) is 22.8 Å². The smallest absolute Gasteiger partial charge is 0.189 e. The molecule has 2 nitrogen and oxygen atoms in total. The number of benzene rings is 1. The van der Waals surface area contributed by atoms with E-state index in [9.17, 15) is 8.42 Å². The Bertz CT molecular complexity index is 483. The highest BCUT2D eigenvalue weighted by molar-refractivity contribution is 14.1. The van der Waals surface area contributed by atoms with Gasteiger partial charge in [0.1, 0.15) is 5.75 Å². The maximum absolute atomic E-state index is 11.6. The summed E-state index contributed by atoms with van der Waals surface area (Å²) in [4.78, 5) is 0.330. The lowest BCUT2D eigenvalue weighted by atomic mass is 10.2. The van der Waals surface area contributed by atoms with Gasteiger partial charge in [-0.05, 0) is 53.3 Å². The van der Waals surface area contributed by atoms with Gasteiger partial charge in [-0.25, -0.2) is 8.42 Å². The number of hydrogen-bond donors (Lipinski definition) is 0. The van der Waals surface area contributed by atoms with Crippen LogP contribution < -0.4 is 0 Å². The van der Waals surface area contributed by atoms with Crippen LogP contribution in [0.25, 0.3) is 0 Å². The van der Waals surface area contributed by atoms with Gasteiger partial charge in [0.25, 0.3) is 0 Å². The molecule has 4 heteroatoms. The topological polar surface area (TPSA) is 34.1 Å². The lowest BCUT2D eigenvalue weighted by Gasteiger charge is -2.04. The summed E-state index contributed by atoms with van der Waals surface area (Å²) in [6.45, 7) is 1.77. The second-order valence-corrected chi connectivity index (χ2v) is 6.08. The standard InChI is InChI=1S/C10H9IO2S/c1-3-6-14(12,13)10-5-4-9(11)7-8(10)2/h1,4-5,7H,6H2,2H3. The van der Waals surface area contributed by atoms with E-state index >= 15 is 0 Å². The molecule has 0 radical (unpaired) electrons. The molecule has 1 rings (SSSR count). The van der Waals surface area contributed by atoms with Crippen molar-refractivity contribution in [3.8, 4) is 12.3 Å². The number of rotatable bonds is 2. The van der Waals surface area contributed by atoms with Crippen LogP contribution in [0.4, 0.5) is 0 Å². The van der Waals surface area contributed by atoms with Crippen LogP contribution in [0.15, 0.2) is 23.1 Å². The molecular weight excluding hydrogens is 311 g/mol. The van der Waals surface area contributed by atoms with Gasteiger partial charge in [0.2, 0.25) is 0 Å². The number of hydrogen-bond acceptors (Lipinski definition) is 2. The van der Waals surface area contributed by atoms with E-state index in [1.807, 2.05) is 6.07 Å². The van der Waals surface area contributed by atoms with Gasteiger partial charge in [-0.2, -0.15) is 0 Å². The van der Waals surface area contributed by atoms with Gasteiger partial charge in [-0.3, -0.25) is 0 Å². The molecule has 14 heavy (non-hydrogen) atoms. The average molecular weight is 320 g/mol. The predicted molar refractivity (Wildman–Crippen MR) is 64.8 cm³/mol. The molecule has 1 aromatic carbocycles. The highest BCUT2D eigenvalue weighted by atomic mass is 127. The summed E-state index contributed by atoms with van der Waals surface area (Å²) in [5.41, 5.74) is 0.743. The molecule has 74 valence electrons. The summed E-state index contributed by atoms with van der Waals surface area (Å²) in [6.07, 6.45) is 5.00. The summed E-state index contributed by atoms with van der Waals surface area (Å²) < 4.78 is 24.3. The molecule has 1 aromatic rings. The van der Waals surface area contributed by atoms with E-state index in [1.165, 1.54) is 0 Å². The number of halogens is 1. The van der Waals surface area contributed by atoms with E-state index in [-0.39, 0.29) is 5.75 Å². The Morgan fingerprint density at radius 3 is 2.64 bits per heavy atom. The maximum Gasteiger partial charge on any atom is 0.189 e. The Morgan fingerprint density at radius 1 is 1.50 bits per heavy atom. The van der Waals surface area contributed by atoms with Gasteiger partial charge in [0, 0.05) is 3.57 Å². The van der Waals surface area contributed by atoms with E-state index in [1.54, 1.807) is 19.1 Å². The van der Waals surface area contributed by atoms with Crippen molar-refractivity contribution >= 4 is 32.4 Å². The lowest BCUT2D eigenvalue weighted by Crippen LogP contribution is -2.06. The first kappa shape index (κ1) is 11.5. The molecule has 0 saturated carbocycles. The summed E-state index contributed by atoms with van der Waals surface area (Å²) in [7, 11) is -3.30. The number of terminal acetylenes is 1. The Balaban J connectivity index is 3.29. The van der Waals surface area contributed by atoms with Crippen molar-refractivity contribution in [3.05, 3.63) is 27.3 Å². The van der Waals surface area contributed by atoms with Crippen LogP contribution in [-0.2, 0) is 9.84 Å². The minimum Gasteiger partial charge on any atom is -0.223 e. The fourth-order valence-electron chi connectivity index (χ4n) is 1.15. The average Bonchev–Trinajstić information content (AvgIpc) is 2.02. The van der Waals surface area contributed by atoms with Crippen molar-refractivity contribution in [3.63, 3.8) is 0 Å². The first-order valence-electron chi connectivity index (χ1n) is 3.90. The highest BCUT2D eigenvalue weighted by Crippen LogP contribution is 2.18. The maximum atomic E-state index is 11.6. The molecule has 0 aliphatic carbocycles. The zero-order valence-electron chi connectivity index (χ0n) is 7.62. The van der Waals surface area contributed by atoms with E-state index < -0.39 is 9.84 Å². The predicted octanol–water partition coefficient (Wildman–Crippen LogP) is 2.01. The van der Waals surface area contributed by atoms with Crippen LogP contribution >= 0.6 is 22.6 Å². The van der Waals surface area contributed by atoms with E-state index in [0.717, 1.165) is 9.13 Å². The fourth-order valence-corrected chi connectivity index (χ4v) is 3.00. The molecule has 0 fully saturated rings. The van der Waals surface area contributed by atoms with Gasteiger partial charge in [-0.15, -0.1) is 6.42 Å². The molecule has 0 aromatic heterocycles. The third-order valence-electron chi connectivity index (χ3n) is 1.75. The van der Waals surface area contributed by atoms with Crippen LogP contribution in [-0.4, -0.2) is 14.2 Å². The van der Waals surface area contributed by atoms with Gasteiger partial charge in [0.15, 0.2) is 9.84 Å². The van der Waals surface area contributed by atoms with Gasteiger partial charge in [-0.1, -0.05) is 5.92 Å². The summed E-state index contributed by atoms with van der Waals surface area (Å²) >= 11 is 2.14. The highest BCUT2D eigenvalue weighted by Gasteiger charge is 2.15. The minimum absolute atomic E-state index is 0.242. The van der Waals surface area contributed by atoms with Crippen molar-refractivity contribution in [1.29, 1.82) is 0 Å². The van der Waals surface area contributed by atoms with Gasteiger partial charge in [0.05, 0.1) is 4.90 Å². The Hall–Kier alpha value is -0.540. The third kappa shape index (κ3) is 2.49. The van der Waals surface area contributed by atoms with Crippen LogP contribution in [0.2, 0.25) is 0 Å². The molecular formula is C10H9IO2S. The molecule has 0 unspecified atom stereocenters. The van der Waals surface area contributed by atoms with Crippen molar-refractivity contribution < 1.29 is 8.42 Å². The normalized spacial score (nSPS) is 10.9. The zero-order valence-corrected chi connectivity index (χ0v) is 10.6. The summed E-state index contributed by atoms with van der Waals surface area (Å²) in [5.74, 6) is 1.92. The van der Waals surface area contributed by atoms with Gasteiger partial charge < -0.3 is 0 Å². The summed E-state index contributed by atoms with van der Waals surface area (Å²) in [5, 5.41) is 0. The van der Waals surface area contributed by atoms with Crippen LogP contribution in [0.5, 0.6) is 0 Å². The van der Waals surface area contributed by atoms with Crippen LogP contribution in [0.1, 0.15) is 5.56 Å². The second-order valence-electron chi connectivity index (χ2n) is 2.87. The van der Waals surface area contributed by atoms with Crippen molar-refractivity contribution in [2.45, 2.75) is 11.8 Å². The molecule has 0 bridgehead atoms. The Labute approximate surface area is 97.8 Å².